The molecule has 0 aromatic heterocycles. The zero-order valence-electron chi connectivity index (χ0n) is 7.27. The van der Waals surface area contributed by atoms with E-state index < -0.39 is 18.2 Å². The molecule has 1 aromatic carbocycles. The molecule has 1 N–H and O–H groups in total. The maximum atomic E-state index is 13.2. The Kier molecular flexibility index (Phi) is 2.78. The standard InChI is InChI=1S/C10H10F2O/c1-6(2)8-4-3-7(5-13)9(11)10(8)12/h3-4,13H,1,5H2,2H3. The van der Waals surface area contributed by atoms with Crippen molar-refractivity contribution in [2.75, 3.05) is 0 Å². The van der Waals surface area contributed by atoms with E-state index in [2.05, 4.69) is 6.58 Å². The van der Waals surface area contributed by atoms with Crippen LogP contribution in [0.25, 0.3) is 5.57 Å². The smallest absolute Gasteiger partial charge is 0.166 e. The van der Waals surface area contributed by atoms with Gasteiger partial charge in [-0.15, -0.1) is 0 Å². The highest BCUT2D eigenvalue weighted by Gasteiger charge is 2.12. The number of hydrogen-bond acceptors (Lipinski definition) is 1. The van der Waals surface area contributed by atoms with Crippen LogP contribution in [0.15, 0.2) is 18.7 Å². The minimum absolute atomic E-state index is 0.0394. The molecule has 0 bridgehead atoms. The van der Waals surface area contributed by atoms with Crippen molar-refractivity contribution in [1.82, 2.24) is 0 Å². The van der Waals surface area contributed by atoms with Crippen molar-refractivity contribution in [3.05, 3.63) is 41.5 Å². The molecule has 13 heavy (non-hydrogen) atoms. The molecule has 0 spiro atoms. The molecule has 0 amide bonds. The van der Waals surface area contributed by atoms with Gasteiger partial charge in [-0.25, -0.2) is 8.78 Å². The van der Waals surface area contributed by atoms with Crippen molar-refractivity contribution in [1.29, 1.82) is 0 Å². The van der Waals surface area contributed by atoms with E-state index in [1.807, 2.05) is 0 Å². The fourth-order valence-corrected chi connectivity index (χ4v) is 1.04. The van der Waals surface area contributed by atoms with Gasteiger partial charge in [0.2, 0.25) is 0 Å². The van der Waals surface area contributed by atoms with Crippen molar-refractivity contribution < 1.29 is 13.9 Å². The van der Waals surface area contributed by atoms with Gasteiger partial charge in [-0.2, -0.15) is 0 Å². The first kappa shape index (κ1) is 9.86. The fraction of sp³-hybridized carbons (Fsp3) is 0.200. The number of halogens is 2. The number of allylic oxidation sites excluding steroid dienone is 1. The predicted molar refractivity (Wildman–Crippen MR) is 47.0 cm³/mol. The number of benzene rings is 1. The van der Waals surface area contributed by atoms with Gasteiger partial charge >= 0.3 is 0 Å². The van der Waals surface area contributed by atoms with Gasteiger partial charge in [0.15, 0.2) is 11.6 Å². The minimum atomic E-state index is -0.997. The van der Waals surface area contributed by atoms with Gasteiger partial charge in [-0.1, -0.05) is 18.7 Å². The summed E-state index contributed by atoms with van der Waals surface area (Å²) in [5.74, 6) is -1.94. The van der Waals surface area contributed by atoms with E-state index in [0.717, 1.165) is 0 Å². The van der Waals surface area contributed by atoms with E-state index in [9.17, 15) is 8.78 Å². The van der Waals surface area contributed by atoms with Gasteiger partial charge in [0.05, 0.1) is 6.61 Å². The topological polar surface area (TPSA) is 20.2 Å². The highest BCUT2D eigenvalue weighted by Crippen LogP contribution is 2.21. The third-order valence-electron chi connectivity index (χ3n) is 1.79. The zero-order chi connectivity index (χ0) is 10.0. The van der Waals surface area contributed by atoms with Crippen LogP contribution in [0.3, 0.4) is 0 Å². The van der Waals surface area contributed by atoms with Crippen molar-refractivity contribution in [3.8, 4) is 0 Å². The van der Waals surface area contributed by atoms with Crippen molar-refractivity contribution in [3.63, 3.8) is 0 Å². The summed E-state index contributed by atoms with van der Waals surface area (Å²) in [6.45, 7) is 4.61. The number of rotatable bonds is 2. The SMILES string of the molecule is C=C(C)c1ccc(CO)c(F)c1F. The molecule has 0 unspecified atom stereocenters. The summed E-state index contributed by atoms with van der Waals surface area (Å²) >= 11 is 0. The van der Waals surface area contributed by atoms with E-state index in [1.165, 1.54) is 12.1 Å². The zero-order valence-corrected chi connectivity index (χ0v) is 7.27. The Bertz CT molecular complexity index is 345. The third-order valence-corrected chi connectivity index (χ3v) is 1.79. The van der Waals surface area contributed by atoms with E-state index in [0.29, 0.717) is 5.57 Å². The monoisotopic (exact) mass is 184 g/mol. The summed E-state index contributed by atoms with van der Waals surface area (Å²) in [4.78, 5) is 0. The summed E-state index contributed by atoms with van der Waals surface area (Å²) in [7, 11) is 0. The molecule has 0 aliphatic rings. The number of aliphatic hydroxyl groups excluding tert-OH is 1. The molecule has 1 rings (SSSR count). The molecule has 0 saturated carbocycles. The van der Waals surface area contributed by atoms with Crippen LogP contribution in [0.1, 0.15) is 18.1 Å². The summed E-state index contributed by atoms with van der Waals surface area (Å²) < 4.78 is 26.2. The van der Waals surface area contributed by atoms with Crippen LogP contribution in [-0.4, -0.2) is 5.11 Å². The lowest BCUT2D eigenvalue weighted by atomic mass is 10.1. The summed E-state index contributed by atoms with van der Waals surface area (Å²) in [6.07, 6.45) is 0. The summed E-state index contributed by atoms with van der Waals surface area (Å²) in [5, 5.41) is 8.64. The van der Waals surface area contributed by atoms with Crippen molar-refractivity contribution in [2.45, 2.75) is 13.5 Å². The molecule has 70 valence electrons. The van der Waals surface area contributed by atoms with Crippen LogP contribution < -0.4 is 0 Å². The Morgan fingerprint density at radius 1 is 1.38 bits per heavy atom. The van der Waals surface area contributed by atoms with E-state index >= 15 is 0 Å². The lowest BCUT2D eigenvalue weighted by Crippen LogP contribution is -1.97. The Labute approximate surface area is 75.3 Å². The average Bonchev–Trinajstić information content (AvgIpc) is 2.09. The maximum Gasteiger partial charge on any atom is 0.166 e. The third kappa shape index (κ3) is 1.75. The van der Waals surface area contributed by atoms with Gasteiger partial charge in [0.1, 0.15) is 0 Å². The second-order valence-electron chi connectivity index (χ2n) is 2.84. The summed E-state index contributed by atoms with van der Waals surface area (Å²) in [5.41, 5.74) is 0.568. The number of hydrogen-bond donors (Lipinski definition) is 1. The Hall–Kier alpha value is -1.22. The molecular weight excluding hydrogens is 174 g/mol. The molecule has 0 aliphatic carbocycles. The van der Waals surface area contributed by atoms with Gasteiger partial charge < -0.3 is 5.11 Å². The molecule has 0 saturated heterocycles. The van der Waals surface area contributed by atoms with Crippen LogP contribution in [0.2, 0.25) is 0 Å². The number of aliphatic hydroxyl groups is 1. The van der Waals surface area contributed by atoms with Gasteiger partial charge in [-0.05, 0) is 12.5 Å². The quantitative estimate of drug-likeness (QED) is 0.748. The molecule has 0 fully saturated rings. The molecule has 3 heteroatoms. The lowest BCUT2D eigenvalue weighted by molar-refractivity contribution is 0.273. The van der Waals surface area contributed by atoms with Gasteiger partial charge in [0.25, 0.3) is 0 Å². The first-order valence-corrected chi connectivity index (χ1v) is 3.81. The molecule has 0 aliphatic heterocycles. The Balaban J connectivity index is 3.31. The predicted octanol–water partition coefficient (Wildman–Crippen LogP) is 2.49. The second-order valence-corrected chi connectivity index (χ2v) is 2.84. The van der Waals surface area contributed by atoms with Crippen LogP contribution in [0.5, 0.6) is 0 Å². The second kappa shape index (κ2) is 3.66. The van der Waals surface area contributed by atoms with E-state index in [1.54, 1.807) is 6.92 Å². The van der Waals surface area contributed by atoms with Gasteiger partial charge in [-0.3, -0.25) is 0 Å². The van der Waals surface area contributed by atoms with E-state index in [4.69, 9.17) is 5.11 Å². The molecule has 0 radical (unpaired) electrons. The van der Waals surface area contributed by atoms with Crippen LogP contribution in [0, 0.1) is 11.6 Å². The summed E-state index contributed by atoms with van der Waals surface area (Å²) in [6, 6.07) is 2.76. The van der Waals surface area contributed by atoms with Crippen LogP contribution >= 0.6 is 0 Å². The highest BCUT2D eigenvalue weighted by atomic mass is 19.2. The average molecular weight is 184 g/mol. The Morgan fingerprint density at radius 2 is 2.00 bits per heavy atom. The largest absolute Gasteiger partial charge is 0.392 e. The van der Waals surface area contributed by atoms with Crippen molar-refractivity contribution in [2.24, 2.45) is 0 Å². The van der Waals surface area contributed by atoms with Gasteiger partial charge in [0, 0.05) is 11.1 Å². The van der Waals surface area contributed by atoms with E-state index in [-0.39, 0.29) is 11.1 Å². The van der Waals surface area contributed by atoms with Crippen LogP contribution in [-0.2, 0) is 6.61 Å². The fourth-order valence-electron chi connectivity index (χ4n) is 1.04. The molecule has 0 atom stereocenters. The highest BCUT2D eigenvalue weighted by molar-refractivity contribution is 5.62. The first-order chi connectivity index (χ1) is 6.07. The molecule has 1 aromatic rings. The minimum Gasteiger partial charge on any atom is -0.392 e. The van der Waals surface area contributed by atoms with Crippen molar-refractivity contribution >= 4 is 5.57 Å². The van der Waals surface area contributed by atoms with Crippen LogP contribution in [0.4, 0.5) is 8.78 Å². The Morgan fingerprint density at radius 3 is 2.46 bits per heavy atom. The maximum absolute atomic E-state index is 13.2. The lowest BCUT2D eigenvalue weighted by Gasteiger charge is -2.05. The first-order valence-electron chi connectivity index (χ1n) is 3.81. The molecule has 0 heterocycles. The molecular formula is C10H10F2O. The molecule has 1 nitrogen and oxygen atoms in total. The normalized spacial score (nSPS) is 10.2.